The van der Waals surface area contributed by atoms with Gasteiger partial charge in [0, 0.05) is 16.4 Å². The van der Waals surface area contributed by atoms with Gasteiger partial charge in [-0.15, -0.1) is 0 Å². The molecule has 0 amide bonds. The molecule has 0 aromatic rings. The van der Waals surface area contributed by atoms with Crippen LogP contribution < -0.4 is 0 Å². The van der Waals surface area contributed by atoms with Gasteiger partial charge in [-0.3, -0.25) is 4.79 Å². The third kappa shape index (κ3) is 4.08. The van der Waals surface area contributed by atoms with Gasteiger partial charge >= 0.3 is 17.9 Å². The number of ether oxygens (including phenoxy) is 2. The number of carbonyl (C=O) groups excluding carboxylic acids is 2. The predicted molar refractivity (Wildman–Crippen MR) is 79.0 cm³/mol. The fraction of sp³-hybridized carbons (Fsp3) is 0.688. The van der Waals surface area contributed by atoms with Gasteiger partial charge in [0.15, 0.2) is 6.10 Å². The first kappa shape index (κ1) is 18.2. The van der Waals surface area contributed by atoms with Crippen molar-refractivity contribution in [3.8, 4) is 0 Å². The number of esters is 2. The summed E-state index contributed by atoms with van der Waals surface area (Å²) in [4.78, 5) is 34.2. The minimum Gasteiger partial charge on any atom is -0.479 e. The number of hydrogen-bond donors (Lipinski definition) is 1. The van der Waals surface area contributed by atoms with Crippen molar-refractivity contribution in [2.45, 2.75) is 59.7 Å². The van der Waals surface area contributed by atoms with Crippen molar-refractivity contribution < 1.29 is 29.0 Å². The number of carbonyl (C=O) groups is 3. The molecule has 1 rings (SSSR count). The molecule has 0 spiro atoms. The van der Waals surface area contributed by atoms with Crippen molar-refractivity contribution in [3.05, 3.63) is 12.2 Å². The lowest BCUT2D eigenvalue weighted by molar-refractivity contribution is -0.197. The average molecular weight is 312 g/mol. The Bertz CT molecular complexity index is 489. The standard InChI is InChI=1S/C16H24O6/c1-9(13(20)21-10(2)12(18)19)7-11(17)22-14-15(3,4)8-16(14,5)6/h10,14H,1,7-8H2,2-6H3,(H,18,19). The maximum absolute atomic E-state index is 11.9. The van der Waals surface area contributed by atoms with Gasteiger partial charge in [-0.2, -0.15) is 0 Å². The van der Waals surface area contributed by atoms with Crippen LogP contribution in [0.4, 0.5) is 0 Å². The molecule has 0 saturated heterocycles. The van der Waals surface area contributed by atoms with Gasteiger partial charge in [-0.25, -0.2) is 9.59 Å². The van der Waals surface area contributed by atoms with Crippen molar-refractivity contribution in [1.82, 2.24) is 0 Å². The molecule has 1 aliphatic carbocycles. The molecular formula is C16H24O6. The summed E-state index contributed by atoms with van der Waals surface area (Å²) in [5, 5.41) is 8.67. The van der Waals surface area contributed by atoms with Crippen LogP contribution in [0.15, 0.2) is 12.2 Å². The lowest BCUT2D eigenvalue weighted by atomic mass is 9.53. The van der Waals surface area contributed by atoms with Gasteiger partial charge < -0.3 is 14.6 Å². The van der Waals surface area contributed by atoms with Crippen LogP contribution in [0.3, 0.4) is 0 Å². The average Bonchev–Trinajstić information content (AvgIpc) is 2.34. The van der Waals surface area contributed by atoms with Gasteiger partial charge in [-0.05, 0) is 13.3 Å². The molecule has 22 heavy (non-hydrogen) atoms. The molecule has 1 saturated carbocycles. The lowest BCUT2D eigenvalue weighted by Crippen LogP contribution is -2.57. The summed E-state index contributed by atoms with van der Waals surface area (Å²) in [6, 6.07) is 0. The molecule has 0 aromatic carbocycles. The monoisotopic (exact) mass is 312 g/mol. The first-order chi connectivity index (χ1) is 9.86. The molecule has 1 aliphatic rings. The zero-order valence-electron chi connectivity index (χ0n) is 13.8. The van der Waals surface area contributed by atoms with Crippen LogP contribution in [-0.4, -0.2) is 35.2 Å². The summed E-state index contributed by atoms with van der Waals surface area (Å²) in [5.74, 6) is -2.73. The van der Waals surface area contributed by atoms with Gasteiger partial charge in [0.2, 0.25) is 0 Å². The molecule has 0 bridgehead atoms. The summed E-state index contributed by atoms with van der Waals surface area (Å²) >= 11 is 0. The molecule has 0 aromatic heterocycles. The van der Waals surface area contributed by atoms with E-state index in [1.54, 1.807) is 0 Å². The summed E-state index contributed by atoms with van der Waals surface area (Å²) in [5.41, 5.74) is -0.314. The second-order valence-electron chi connectivity index (χ2n) is 7.19. The quantitative estimate of drug-likeness (QED) is 0.598. The zero-order chi connectivity index (χ0) is 17.3. The minimum atomic E-state index is -1.29. The lowest BCUT2D eigenvalue weighted by Gasteiger charge is -2.56. The van der Waals surface area contributed by atoms with Crippen molar-refractivity contribution in [1.29, 1.82) is 0 Å². The van der Waals surface area contributed by atoms with Crippen molar-refractivity contribution in [2.75, 3.05) is 0 Å². The SMILES string of the molecule is C=C(CC(=O)OC1C(C)(C)CC1(C)C)C(=O)OC(C)C(=O)O. The summed E-state index contributed by atoms with van der Waals surface area (Å²) < 4.78 is 10.1. The van der Waals surface area contributed by atoms with Crippen LogP contribution in [0.1, 0.15) is 47.5 Å². The van der Waals surface area contributed by atoms with E-state index in [-0.39, 0.29) is 28.9 Å². The van der Waals surface area contributed by atoms with Crippen LogP contribution in [0.25, 0.3) is 0 Å². The van der Waals surface area contributed by atoms with E-state index in [1.165, 1.54) is 6.92 Å². The maximum Gasteiger partial charge on any atom is 0.344 e. The molecule has 6 heteroatoms. The molecule has 6 nitrogen and oxygen atoms in total. The Morgan fingerprint density at radius 3 is 2.14 bits per heavy atom. The summed E-state index contributed by atoms with van der Waals surface area (Å²) in [6.45, 7) is 12.8. The van der Waals surface area contributed by atoms with Gasteiger partial charge in [0.25, 0.3) is 0 Å². The number of carboxylic acids is 1. The molecule has 0 radical (unpaired) electrons. The van der Waals surface area contributed by atoms with Gasteiger partial charge in [-0.1, -0.05) is 34.3 Å². The summed E-state index contributed by atoms with van der Waals surface area (Å²) in [7, 11) is 0. The molecule has 1 fully saturated rings. The smallest absolute Gasteiger partial charge is 0.344 e. The molecule has 124 valence electrons. The zero-order valence-corrected chi connectivity index (χ0v) is 13.8. The highest BCUT2D eigenvalue weighted by Gasteiger charge is 2.55. The first-order valence-electron chi connectivity index (χ1n) is 7.18. The van der Waals surface area contributed by atoms with E-state index in [9.17, 15) is 14.4 Å². The number of aliphatic carboxylic acids is 1. The van der Waals surface area contributed by atoms with E-state index >= 15 is 0 Å². The largest absolute Gasteiger partial charge is 0.479 e. The van der Waals surface area contributed by atoms with Gasteiger partial charge in [0.1, 0.15) is 6.10 Å². The van der Waals surface area contributed by atoms with Crippen LogP contribution in [0, 0.1) is 10.8 Å². The normalized spacial score (nSPS) is 20.4. The molecule has 0 aliphatic heterocycles. The molecule has 1 N–H and O–H groups in total. The van der Waals surface area contributed by atoms with Crippen LogP contribution in [0.5, 0.6) is 0 Å². The third-order valence-corrected chi connectivity index (χ3v) is 3.86. The Balaban J connectivity index is 2.53. The van der Waals surface area contributed by atoms with Crippen molar-refractivity contribution >= 4 is 17.9 Å². The number of hydrogen-bond acceptors (Lipinski definition) is 5. The van der Waals surface area contributed by atoms with E-state index in [4.69, 9.17) is 9.84 Å². The second-order valence-corrected chi connectivity index (χ2v) is 7.19. The van der Waals surface area contributed by atoms with Gasteiger partial charge in [0.05, 0.1) is 6.42 Å². The topological polar surface area (TPSA) is 89.9 Å². The molecule has 1 unspecified atom stereocenters. The van der Waals surface area contributed by atoms with E-state index in [0.29, 0.717) is 0 Å². The van der Waals surface area contributed by atoms with Crippen LogP contribution in [-0.2, 0) is 23.9 Å². The van der Waals surface area contributed by atoms with E-state index in [2.05, 4.69) is 11.3 Å². The second kappa shape index (κ2) is 6.10. The first-order valence-corrected chi connectivity index (χ1v) is 7.18. The number of rotatable bonds is 6. The molecular weight excluding hydrogens is 288 g/mol. The Kier molecular flexibility index (Phi) is 5.05. The van der Waals surface area contributed by atoms with Crippen LogP contribution in [0.2, 0.25) is 0 Å². The Morgan fingerprint density at radius 2 is 1.73 bits per heavy atom. The highest BCUT2D eigenvalue weighted by atomic mass is 16.6. The Hall–Kier alpha value is -1.85. The van der Waals surface area contributed by atoms with E-state index in [0.717, 1.165) is 6.42 Å². The van der Waals surface area contributed by atoms with Crippen molar-refractivity contribution in [3.63, 3.8) is 0 Å². The molecule has 0 heterocycles. The van der Waals surface area contributed by atoms with Crippen LogP contribution >= 0.6 is 0 Å². The highest BCUT2D eigenvalue weighted by molar-refractivity contribution is 5.94. The highest BCUT2D eigenvalue weighted by Crippen LogP contribution is 2.55. The number of carboxylic acid groups (broad SMARTS) is 1. The maximum atomic E-state index is 11.9. The molecule has 1 atom stereocenters. The van der Waals surface area contributed by atoms with Crippen molar-refractivity contribution in [2.24, 2.45) is 10.8 Å². The minimum absolute atomic E-state index is 0.0984. The van der Waals surface area contributed by atoms with E-state index in [1.807, 2.05) is 27.7 Å². The predicted octanol–water partition coefficient (Wildman–Crippen LogP) is 2.32. The fourth-order valence-corrected chi connectivity index (χ4v) is 3.32. The van der Waals surface area contributed by atoms with E-state index < -0.39 is 24.0 Å². The Morgan fingerprint density at radius 1 is 1.23 bits per heavy atom. The fourth-order valence-electron chi connectivity index (χ4n) is 3.32. The Labute approximate surface area is 130 Å². The summed E-state index contributed by atoms with van der Waals surface area (Å²) in [6.07, 6.45) is -0.885. The third-order valence-electron chi connectivity index (χ3n) is 3.86.